The number of aromatic nitrogens is 2. The Balaban J connectivity index is 2.37. The zero-order valence-electron chi connectivity index (χ0n) is 11.0. The van der Waals surface area contributed by atoms with Gasteiger partial charge in [-0.05, 0) is 24.6 Å². The van der Waals surface area contributed by atoms with Crippen molar-refractivity contribution in [3.05, 3.63) is 47.3 Å². The summed E-state index contributed by atoms with van der Waals surface area (Å²) in [5, 5.41) is 0. The van der Waals surface area contributed by atoms with E-state index in [0.29, 0.717) is 16.9 Å². The summed E-state index contributed by atoms with van der Waals surface area (Å²) in [6.07, 6.45) is 2.88. The first kappa shape index (κ1) is 13.0. The predicted molar refractivity (Wildman–Crippen MR) is 69.7 cm³/mol. The summed E-state index contributed by atoms with van der Waals surface area (Å²) in [6, 6.07) is 5.64. The molecule has 19 heavy (non-hydrogen) atoms. The van der Waals surface area contributed by atoms with Gasteiger partial charge in [0.05, 0.1) is 25.3 Å². The molecule has 0 unspecified atom stereocenters. The van der Waals surface area contributed by atoms with Crippen LogP contribution in [0.2, 0.25) is 0 Å². The minimum absolute atomic E-state index is 0.181. The maximum Gasteiger partial charge on any atom is 0.316 e. The van der Waals surface area contributed by atoms with Crippen molar-refractivity contribution in [3.63, 3.8) is 0 Å². The zero-order chi connectivity index (χ0) is 13.8. The zero-order valence-corrected chi connectivity index (χ0v) is 11.0. The Bertz CT molecular complexity index is 594. The Morgan fingerprint density at radius 1 is 1.11 bits per heavy atom. The van der Waals surface area contributed by atoms with Gasteiger partial charge in [-0.2, -0.15) is 0 Å². The van der Waals surface area contributed by atoms with Gasteiger partial charge in [0.25, 0.3) is 0 Å². The van der Waals surface area contributed by atoms with E-state index in [1.54, 1.807) is 6.07 Å². The van der Waals surface area contributed by atoms with E-state index in [9.17, 15) is 4.79 Å². The van der Waals surface area contributed by atoms with Crippen molar-refractivity contribution in [2.45, 2.75) is 6.92 Å². The fourth-order valence-corrected chi connectivity index (χ4v) is 1.68. The van der Waals surface area contributed by atoms with Gasteiger partial charge in [0.1, 0.15) is 5.75 Å². The van der Waals surface area contributed by atoms with Crippen LogP contribution in [0, 0.1) is 6.92 Å². The molecule has 0 amide bonds. The molecule has 0 aliphatic carbocycles. The van der Waals surface area contributed by atoms with Gasteiger partial charge in [-0.25, -0.2) is 9.97 Å². The van der Waals surface area contributed by atoms with Crippen LogP contribution in [0.4, 0.5) is 0 Å². The number of benzene rings is 1. The molecule has 0 saturated carbocycles. The summed E-state index contributed by atoms with van der Waals surface area (Å²) in [5.41, 5.74) is 1.91. The maximum absolute atomic E-state index is 12.3. The maximum atomic E-state index is 12.3. The quantitative estimate of drug-likeness (QED) is 0.785. The summed E-state index contributed by atoms with van der Waals surface area (Å²) >= 11 is 0. The largest absolute Gasteiger partial charge is 0.496 e. The highest BCUT2D eigenvalue weighted by atomic mass is 16.5. The Labute approximate surface area is 111 Å². The lowest BCUT2D eigenvalue weighted by molar-refractivity contribution is 0.103. The Hall–Kier alpha value is -2.43. The van der Waals surface area contributed by atoms with Gasteiger partial charge in [-0.15, -0.1) is 0 Å². The number of aryl methyl sites for hydroxylation is 1. The van der Waals surface area contributed by atoms with Gasteiger partial charge in [0.15, 0.2) is 5.78 Å². The number of carbonyl (C=O) groups excluding carboxylic acids is 1. The van der Waals surface area contributed by atoms with Crippen molar-refractivity contribution in [2.75, 3.05) is 14.2 Å². The molecule has 5 nitrogen and oxygen atoms in total. The summed E-state index contributed by atoms with van der Waals surface area (Å²) in [6.45, 7) is 1.94. The highest BCUT2D eigenvalue weighted by Gasteiger charge is 2.15. The monoisotopic (exact) mass is 258 g/mol. The standard InChI is InChI=1S/C14H14N2O3/c1-9-4-5-11(12(6-9)18-2)13(17)10-7-15-14(19-3)16-8-10/h4-8H,1-3H3. The van der Waals surface area contributed by atoms with Crippen molar-refractivity contribution in [1.29, 1.82) is 0 Å². The number of nitrogens with zero attached hydrogens (tertiary/aromatic N) is 2. The Morgan fingerprint density at radius 2 is 1.79 bits per heavy atom. The molecule has 0 atom stereocenters. The van der Waals surface area contributed by atoms with Crippen LogP contribution in [0.3, 0.4) is 0 Å². The third-order valence-corrected chi connectivity index (χ3v) is 2.67. The molecule has 0 saturated heterocycles. The van der Waals surface area contributed by atoms with E-state index >= 15 is 0 Å². The van der Waals surface area contributed by atoms with E-state index in [-0.39, 0.29) is 11.8 Å². The number of hydrogen-bond acceptors (Lipinski definition) is 5. The van der Waals surface area contributed by atoms with Crippen molar-refractivity contribution in [2.24, 2.45) is 0 Å². The topological polar surface area (TPSA) is 61.3 Å². The minimum Gasteiger partial charge on any atom is -0.496 e. The van der Waals surface area contributed by atoms with Crippen LogP contribution in [-0.4, -0.2) is 30.0 Å². The molecule has 0 fully saturated rings. The van der Waals surface area contributed by atoms with Crippen molar-refractivity contribution in [3.8, 4) is 11.8 Å². The fourth-order valence-electron chi connectivity index (χ4n) is 1.68. The van der Waals surface area contributed by atoms with Crippen LogP contribution in [0.15, 0.2) is 30.6 Å². The number of rotatable bonds is 4. The Kier molecular flexibility index (Phi) is 3.75. The molecule has 98 valence electrons. The molecule has 0 spiro atoms. The van der Waals surface area contributed by atoms with Crippen LogP contribution in [-0.2, 0) is 0 Å². The minimum atomic E-state index is -0.181. The molecular formula is C14H14N2O3. The van der Waals surface area contributed by atoms with Crippen LogP contribution in [0.5, 0.6) is 11.8 Å². The van der Waals surface area contributed by atoms with E-state index in [0.717, 1.165) is 5.56 Å². The molecule has 1 aromatic heterocycles. The van der Waals surface area contributed by atoms with Gasteiger partial charge >= 0.3 is 6.01 Å². The first-order valence-electron chi connectivity index (χ1n) is 5.71. The van der Waals surface area contributed by atoms with Crippen LogP contribution in [0.1, 0.15) is 21.5 Å². The van der Waals surface area contributed by atoms with E-state index in [4.69, 9.17) is 9.47 Å². The summed E-state index contributed by atoms with van der Waals surface area (Å²) < 4.78 is 10.1. The third kappa shape index (κ3) is 2.70. The highest BCUT2D eigenvalue weighted by Crippen LogP contribution is 2.22. The highest BCUT2D eigenvalue weighted by molar-refractivity contribution is 6.10. The lowest BCUT2D eigenvalue weighted by Gasteiger charge is -2.08. The Morgan fingerprint density at radius 3 is 2.37 bits per heavy atom. The average molecular weight is 258 g/mol. The van der Waals surface area contributed by atoms with Gasteiger partial charge in [-0.1, -0.05) is 6.07 Å². The van der Waals surface area contributed by atoms with Gasteiger partial charge in [-0.3, -0.25) is 4.79 Å². The predicted octanol–water partition coefficient (Wildman–Crippen LogP) is 2.03. The summed E-state index contributed by atoms with van der Waals surface area (Å²) in [4.78, 5) is 20.2. The summed E-state index contributed by atoms with van der Waals surface area (Å²) in [7, 11) is 3.01. The lowest BCUT2D eigenvalue weighted by atomic mass is 10.0. The summed E-state index contributed by atoms with van der Waals surface area (Å²) in [5.74, 6) is 0.361. The molecule has 1 aromatic carbocycles. The van der Waals surface area contributed by atoms with E-state index < -0.39 is 0 Å². The first-order chi connectivity index (χ1) is 9.15. The molecule has 2 rings (SSSR count). The third-order valence-electron chi connectivity index (χ3n) is 2.67. The van der Waals surface area contributed by atoms with Crippen LogP contribution < -0.4 is 9.47 Å². The SMILES string of the molecule is COc1ncc(C(=O)c2ccc(C)cc2OC)cn1. The molecule has 0 bridgehead atoms. The van der Waals surface area contributed by atoms with Crippen molar-refractivity contribution < 1.29 is 14.3 Å². The second-order valence-corrected chi connectivity index (χ2v) is 3.99. The number of ketones is 1. The number of ether oxygens (including phenoxy) is 2. The molecular weight excluding hydrogens is 244 g/mol. The molecule has 0 aliphatic rings. The second-order valence-electron chi connectivity index (χ2n) is 3.99. The lowest BCUT2D eigenvalue weighted by Crippen LogP contribution is -2.06. The van der Waals surface area contributed by atoms with Gasteiger partial charge < -0.3 is 9.47 Å². The van der Waals surface area contributed by atoms with E-state index in [1.165, 1.54) is 26.6 Å². The first-order valence-corrected chi connectivity index (χ1v) is 5.71. The molecule has 0 radical (unpaired) electrons. The number of carbonyl (C=O) groups is 1. The molecule has 5 heteroatoms. The van der Waals surface area contributed by atoms with Crippen LogP contribution in [0.25, 0.3) is 0 Å². The second kappa shape index (κ2) is 5.48. The number of methoxy groups -OCH3 is 2. The smallest absolute Gasteiger partial charge is 0.316 e. The normalized spacial score (nSPS) is 10.1. The molecule has 0 aliphatic heterocycles. The average Bonchev–Trinajstić information content (AvgIpc) is 2.46. The van der Waals surface area contributed by atoms with Crippen LogP contribution >= 0.6 is 0 Å². The van der Waals surface area contributed by atoms with Gasteiger partial charge in [0.2, 0.25) is 0 Å². The van der Waals surface area contributed by atoms with Gasteiger partial charge in [0, 0.05) is 12.4 Å². The molecule has 1 heterocycles. The fraction of sp³-hybridized carbons (Fsp3) is 0.214. The number of hydrogen-bond donors (Lipinski definition) is 0. The molecule has 2 aromatic rings. The van der Waals surface area contributed by atoms with E-state index in [2.05, 4.69) is 9.97 Å². The molecule has 0 N–H and O–H groups in total. The van der Waals surface area contributed by atoms with Crippen molar-refractivity contribution >= 4 is 5.78 Å². The van der Waals surface area contributed by atoms with Crippen molar-refractivity contribution in [1.82, 2.24) is 9.97 Å². The van der Waals surface area contributed by atoms with E-state index in [1.807, 2.05) is 19.1 Å².